The molecule has 1 aliphatic rings. The lowest BCUT2D eigenvalue weighted by Crippen LogP contribution is -2.14. The second-order valence-corrected chi connectivity index (χ2v) is 2.50. The minimum atomic E-state index is -0.155. The first-order valence-electron chi connectivity index (χ1n) is 3.57. The molecule has 1 unspecified atom stereocenters. The van der Waals surface area contributed by atoms with Crippen molar-refractivity contribution >= 4 is 5.71 Å². The Bertz CT molecular complexity index is 244. The third kappa shape index (κ3) is 2.16. The number of allylic oxidation sites excluding steroid dienone is 5. The van der Waals surface area contributed by atoms with E-state index in [4.69, 9.17) is 5.73 Å². The number of aliphatic imine (C=N–C) groups is 1. The molecule has 2 heteroatoms. The summed E-state index contributed by atoms with van der Waals surface area (Å²) < 4.78 is 0. The molecule has 2 nitrogen and oxygen atoms in total. The highest BCUT2D eigenvalue weighted by molar-refractivity contribution is 6.11. The smallest absolute Gasteiger partial charge is 0.0948 e. The molecular formula is C9H12N2. The van der Waals surface area contributed by atoms with Crippen molar-refractivity contribution in [1.29, 1.82) is 0 Å². The van der Waals surface area contributed by atoms with Crippen LogP contribution in [0.25, 0.3) is 0 Å². The van der Waals surface area contributed by atoms with Crippen molar-refractivity contribution in [1.82, 2.24) is 0 Å². The third-order valence-electron chi connectivity index (χ3n) is 1.33. The first-order valence-corrected chi connectivity index (χ1v) is 3.57. The molecule has 0 radical (unpaired) electrons. The summed E-state index contributed by atoms with van der Waals surface area (Å²) in [7, 11) is 0. The number of hydrogen-bond acceptors (Lipinski definition) is 2. The molecule has 0 saturated heterocycles. The molecule has 0 heterocycles. The van der Waals surface area contributed by atoms with E-state index in [2.05, 4.69) is 11.6 Å². The Kier molecular flexibility index (Phi) is 2.39. The highest BCUT2D eigenvalue weighted by Gasteiger charge is 2.00. The van der Waals surface area contributed by atoms with Crippen LogP contribution in [-0.4, -0.2) is 11.9 Å². The van der Waals surface area contributed by atoms with Gasteiger partial charge in [-0.15, -0.1) is 0 Å². The summed E-state index contributed by atoms with van der Waals surface area (Å²) in [6, 6.07) is 0. The van der Waals surface area contributed by atoms with Gasteiger partial charge < -0.3 is 5.73 Å². The average molecular weight is 148 g/mol. The summed E-state index contributed by atoms with van der Waals surface area (Å²) in [6.07, 6.45) is 7.53. The summed E-state index contributed by atoms with van der Waals surface area (Å²) in [5.74, 6) is 0. The van der Waals surface area contributed by atoms with Crippen LogP contribution in [0.1, 0.15) is 6.92 Å². The lowest BCUT2D eigenvalue weighted by atomic mass is 10.1. The largest absolute Gasteiger partial charge is 0.310 e. The number of nitrogens with zero attached hydrogens (tertiary/aromatic N) is 1. The predicted octanol–water partition coefficient (Wildman–Crippen LogP) is 1.41. The van der Waals surface area contributed by atoms with Crippen LogP contribution in [-0.2, 0) is 0 Å². The molecule has 1 aliphatic carbocycles. The molecule has 0 aromatic heterocycles. The van der Waals surface area contributed by atoms with E-state index in [1.54, 1.807) is 0 Å². The Morgan fingerprint density at radius 2 is 2.09 bits per heavy atom. The monoisotopic (exact) mass is 148 g/mol. The van der Waals surface area contributed by atoms with Crippen LogP contribution in [0.3, 0.4) is 0 Å². The van der Waals surface area contributed by atoms with Crippen LogP contribution < -0.4 is 5.73 Å². The fourth-order valence-electron chi connectivity index (χ4n) is 0.856. The fourth-order valence-corrected chi connectivity index (χ4v) is 0.856. The molecule has 2 N–H and O–H groups in total. The van der Waals surface area contributed by atoms with Crippen molar-refractivity contribution in [3.63, 3.8) is 0 Å². The molecule has 0 aliphatic heterocycles. The van der Waals surface area contributed by atoms with E-state index in [-0.39, 0.29) is 6.17 Å². The topological polar surface area (TPSA) is 38.4 Å². The van der Waals surface area contributed by atoms with Crippen LogP contribution in [0.5, 0.6) is 0 Å². The zero-order valence-corrected chi connectivity index (χ0v) is 6.62. The van der Waals surface area contributed by atoms with Gasteiger partial charge in [-0.3, -0.25) is 4.99 Å². The predicted molar refractivity (Wildman–Crippen MR) is 48.5 cm³/mol. The average Bonchev–Trinajstić information content (AvgIpc) is 1.93. The van der Waals surface area contributed by atoms with Crippen LogP contribution in [0, 0.1) is 0 Å². The van der Waals surface area contributed by atoms with E-state index >= 15 is 0 Å². The maximum Gasteiger partial charge on any atom is 0.0948 e. The Balaban J connectivity index is 2.81. The van der Waals surface area contributed by atoms with E-state index in [0.29, 0.717) is 0 Å². The lowest BCUT2D eigenvalue weighted by molar-refractivity contribution is 0.794. The van der Waals surface area contributed by atoms with Gasteiger partial charge in [-0.1, -0.05) is 24.8 Å². The first-order chi connectivity index (χ1) is 5.20. The zero-order valence-electron chi connectivity index (χ0n) is 6.62. The van der Waals surface area contributed by atoms with E-state index in [0.717, 1.165) is 11.3 Å². The van der Waals surface area contributed by atoms with E-state index in [1.807, 2.05) is 31.2 Å². The van der Waals surface area contributed by atoms with Gasteiger partial charge in [-0.2, -0.15) is 0 Å². The minimum Gasteiger partial charge on any atom is -0.310 e. The SMILES string of the molecule is C=C1C=CC=CC1=NC(C)N. The van der Waals surface area contributed by atoms with Gasteiger partial charge in [0.2, 0.25) is 0 Å². The lowest BCUT2D eigenvalue weighted by Gasteiger charge is -2.05. The van der Waals surface area contributed by atoms with Crippen molar-refractivity contribution in [3.8, 4) is 0 Å². The van der Waals surface area contributed by atoms with Gasteiger partial charge >= 0.3 is 0 Å². The molecule has 0 aromatic carbocycles. The standard InChI is InChI=1S/C9H12N2/c1-7-5-3-4-6-9(7)11-8(2)10/h3-6,8H,1,10H2,2H3. The maximum absolute atomic E-state index is 5.50. The number of nitrogens with two attached hydrogens (primary N) is 1. The van der Waals surface area contributed by atoms with Crippen LogP contribution in [0.15, 0.2) is 41.4 Å². The Labute approximate surface area is 66.8 Å². The second kappa shape index (κ2) is 3.30. The van der Waals surface area contributed by atoms with E-state index in [1.165, 1.54) is 0 Å². The molecule has 0 amide bonds. The van der Waals surface area contributed by atoms with Crippen LogP contribution in [0.4, 0.5) is 0 Å². The molecule has 0 fully saturated rings. The minimum absolute atomic E-state index is 0.155. The van der Waals surface area contributed by atoms with Gasteiger partial charge in [-0.25, -0.2) is 0 Å². The Morgan fingerprint density at radius 3 is 2.64 bits per heavy atom. The molecule has 1 atom stereocenters. The van der Waals surface area contributed by atoms with Crippen molar-refractivity contribution in [2.24, 2.45) is 10.7 Å². The summed E-state index contributed by atoms with van der Waals surface area (Å²) in [4.78, 5) is 4.17. The Morgan fingerprint density at radius 1 is 1.45 bits per heavy atom. The molecular weight excluding hydrogens is 136 g/mol. The molecule has 1 rings (SSSR count). The van der Waals surface area contributed by atoms with Gasteiger partial charge in [0.05, 0.1) is 11.9 Å². The van der Waals surface area contributed by atoms with Gasteiger partial charge in [-0.05, 0) is 18.6 Å². The Hall–Kier alpha value is -1.15. The summed E-state index contributed by atoms with van der Waals surface area (Å²) >= 11 is 0. The molecule has 0 bridgehead atoms. The highest BCUT2D eigenvalue weighted by Crippen LogP contribution is 2.05. The fraction of sp³-hybridized carbons (Fsp3) is 0.222. The van der Waals surface area contributed by atoms with Crippen LogP contribution in [0.2, 0.25) is 0 Å². The molecule has 0 spiro atoms. The second-order valence-electron chi connectivity index (χ2n) is 2.50. The van der Waals surface area contributed by atoms with Crippen molar-refractivity contribution < 1.29 is 0 Å². The summed E-state index contributed by atoms with van der Waals surface area (Å²) in [5.41, 5.74) is 7.30. The maximum atomic E-state index is 5.50. The summed E-state index contributed by atoms with van der Waals surface area (Å²) in [6.45, 7) is 5.66. The van der Waals surface area contributed by atoms with Crippen LogP contribution >= 0.6 is 0 Å². The number of rotatable bonds is 1. The van der Waals surface area contributed by atoms with E-state index in [9.17, 15) is 0 Å². The number of hydrogen-bond donors (Lipinski definition) is 1. The van der Waals surface area contributed by atoms with Crippen molar-refractivity contribution in [3.05, 3.63) is 36.5 Å². The van der Waals surface area contributed by atoms with Crippen molar-refractivity contribution in [2.75, 3.05) is 0 Å². The molecule has 11 heavy (non-hydrogen) atoms. The highest BCUT2D eigenvalue weighted by atomic mass is 14.9. The van der Waals surface area contributed by atoms with Crippen molar-refractivity contribution in [2.45, 2.75) is 13.1 Å². The molecule has 0 aromatic rings. The quantitative estimate of drug-likeness (QED) is 0.600. The van der Waals surface area contributed by atoms with E-state index < -0.39 is 0 Å². The first kappa shape index (κ1) is 7.95. The molecule has 58 valence electrons. The summed E-state index contributed by atoms with van der Waals surface area (Å²) in [5, 5.41) is 0. The van der Waals surface area contributed by atoms with Gasteiger partial charge in [0.15, 0.2) is 0 Å². The van der Waals surface area contributed by atoms with Gasteiger partial charge in [0, 0.05) is 0 Å². The molecule has 0 saturated carbocycles. The zero-order chi connectivity index (χ0) is 8.27. The van der Waals surface area contributed by atoms with Gasteiger partial charge in [0.1, 0.15) is 0 Å². The normalized spacial score (nSPS) is 22.7. The third-order valence-corrected chi connectivity index (χ3v) is 1.33. The van der Waals surface area contributed by atoms with Gasteiger partial charge in [0.25, 0.3) is 0 Å².